The molecule has 0 unspecified atom stereocenters. The van der Waals surface area contributed by atoms with E-state index in [9.17, 15) is 4.79 Å². The third-order valence-electron chi connectivity index (χ3n) is 1.03. The predicted molar refractivity (Wildman–Crippen MR) is 44.3 cm³/mol. The van der Waals surface area contributed by atoms with Crippen LogP contribution in [0.15, 0.2) is 0 Å². The van der Waals surface area contributed by atoms with Gasteiger partial charge in [-0.1, -0.05) is 19.8 Å². The van der Waals surface area contributed by atoms with Crippen molar-refractivity contribution >= 4 is 27.0 Å². The minimum absolute atomic E-state index is 0.405. The summed E-state index contributed by atoms with van der Waals surface area (Å²) >= 11 is 0. The lowest BCUT2D eigenvalue weighted by Gasteiger charge is -1.98. The molecule has 10 heavy (non-hydrogen) atoms. The van der Waals surface area contributed by atoms with Crippen LogP contribution in [-0.2, 0) is 4.74 Å². The first-order valence-corrected chi connectivity index (χ1v) is 4.91. The summed E-state index contributed by atoms with van der Waals surface area (Å²) in [5, 5.41) is -0.405. The van der Waals surface area contributed by atoms with Gasteiger partial charge in [0.2, 0.25) is 0 Å². The minimum atomic E-state index is -0.405. The van der Waals surface area contributed by atoms with E-state index >= 15 is 0 Å². The summed E-state index contributed by atoms with van der Waals surface area (Å²) in [6, 6.07) is 0. The van der Waals surface area contributed by atoms with Crippen LogP contribution >= 0.6 is 21.7 Å². The van der Waals surface area contributed by atoms with E-state index in [0.29, 0.717) is 17.6 Å². The summed E-state index contributed by atoms with van der Waals surface area (Å²) in [6.07, 6.45) is 3.16. The normalized spacial score (nSPS) is 9.40. The number of halogens is 1. The van der Waals surface area contributed by atoms with Crippen LogP contribution in [-0.4, -0.2) is 11.9 Å². The Hall–Kier alpha value is 0.110. The highest BCUT2D eigenvalue weighted by Gasteiger charge is 1.98. The molecule has 4 heteroatoms. The number of hydrogen-bond acceptors (Lipinski definition) is 3. The molecule has 0 N–H and O–H groups in total. The Morgan fingerprint density at radius 1 is 1.60 bits per heavy atom. The zero-order chi connectivity index (χ0) is 7.82. The molecule has 0 aliphatic carbocycles. The van der Waals surface area contributed by atoms with Crippen LogP contribution in [0.5, 0.6) is 0 Å². The van der Waals surface area contributed by atoms with Crippen molar-refractivity contribution in [1.82, 2.24) is 0 Å². The molecule has 0 aromatic rings. The Balaban J connectivity index is 2.96. The van der Waals surface area contributed by atoms with Crippen molar-refractivity contribution in [3.8, 4) is 0 Å². The Kier molecular flexibility index (Phi) is 7.30. The van der Waals surface area contributed by atoms with Gasteiger partial charge in [0.15, 0.2) is 0 Å². The lowest BCUT2D eigenvalue weighted by Crippen LogP contribution is -1.97. The van der Waals surface area contributed by atoms with Crippen molar-refractivity contribution in [1.29, 1.82) is 0 Å². The standard InChI is InChI=1S/C6H11ClO2S/c1-2-3-4-5-9-6(8)10-7/h2-5H2,1H3. The van der Waals surface area contributed by atoms with Gasteiger partial charge in [0.1, 0.15) is 0 Å². The van der Waals surface area contributed by atoms with Crippen LogP contribution < -0.4 is 0 Å². The van der Waals surface area contributed by atoms with Crippen molar-refractivity contribution < 1.29 is 9.53 Å². The highest BCUT2D eigenvalue weighted by Crippen LogP contribution is 2.10. The molecule has 0 aliphatic heterocycles. The molecule has 0 saturated heterocycles. The van der Waals surface area contributed by atoms with E-state index in [1.165, 1.54) is 0 Å². The Bertz CT molecular complexity index is 97.7. The first kappa shape index (κ1) is 10.1. The molecule has 0 aromatic carbocycles. The molecule has 60 valence electrons. The maximum Gasteiger partial charge on any atom is 0.382 e. The van der Waals surface area contributed by atoms with Crippen molar-refractivity contribution in [2.24, 2.45) is 0 Å². The molecule has 0 heterocycles. The topological polar surface area (TPSA) is 26.3 Å². The van der Waals surface area contributed by atoms with Gasteiger partial charge in [-0.25, -0.2) is 4.79 Å². The van der Waals surface area contributed by atoms with Gasteiger partial charge in [-0.3, -0.25) is 0 Å². The lowest BCUT2D eigenvalue weighted by atomic mass is 10.3. The maximum atomic E-state index is 10.4. The van der Waals surface area contributed by atoms with Gasteiger partial charge >= 0.3 is 5.30 Å². The molecule has 0 aliphatic rings. The van der Waals surface area contributed by atoms with E-state index in [1.54, 1.807) is 0 Å². The molecule has 0 saturated carbocycles. The highest BCUT2D eigenvalue weighted by atomic mass is 35.7. The van der Waals surface area contributed by atoms with E-state index < -0.39 is 5.30 Å². The monoisotopic (exact) mass is 182 g/mol. The first-order valence-electron chi connectivity index (χ1n) is 3.26. The molecular formula is C6H11ClO2S. The number of unbranched alkanes of at least 4 members (excludes halogenated alkanes) is 2. The highest BCUT2D eigenvalue weighted by molar-refractivity contribution is 8.32. The molecule has 0 aromatic heterocycles. The fourth-order valence-corrected chi connectivity index (χ4v) is 0.791. The first-order chi connectivity index (χ1) is 4.81. The minimum Gasteiger partial charge on any atom is -0.457 e. The summed E-state index contributed by atoms with van der Waals surface area (Å²) in [5.74, 6) is 0. The van der Waals surface area contributed by atoms with Gasteiger partial charge < -0.3 is 4.74 Å². The quantitative estimate of drug-likeness (QED) is 0.494. The van der Waals surface area contributed by atoms with Gasteiger partial charge in [0.25, 0.3) is 0 Å². The lowest BCUT2D eigenvalue weighted by molar-refractivity contribution is 0.173. The van der Waals surface area contributed by atoms with E-state index in [1.807, 2.05) is 0 Å². The molecule has 2 nitrogen and oxygen atoms in total. The molecule has 0 fully saturated rings. The van der Waals surface area contributed by atoms with Gasteiger partial charge in [-0.15, -0.1) is 0 Å². The number of carbonyl (C=O) groups excluding carboxylic acids is 1. The Morgan fingerprint density at radius 2 is 2.30 bits per heavy atom. The van der Waals surface area contributed by atoms with Crippen LogP contribution in [0, 0.1) is 0 Å². The molecular weight excluding hydrogens is 172 g/mol. The fraction of sp³-hybridized carbons (Fsp3) is 0.833. The van der Waals surface area contributed by atoms with E-state index in [-0.39, 0.29) is 0 Å². The second-order valence-corrected chi connectivity index (χ2v) is 2.83. The largest absolute Gasteiger partial charge is 0.457 e. The van der Waals surface area contributed by atoms with Crippen molar-refractivity contribution in [2.75, 3.05) is 6.61 Å². The number of hydrogen-bond donors (Lipinski definition) is 0. The second-order valence-electron chi connectivity index (χ2n) is 1.88. The average molecular weight is 183 g/mol. The summed E-state index contributed by atoms with van der Waals surface area (Å²) < 4.78 is 4.69. The maximum absolute atomic E-state index is 10.4. The van der Waals surface area contributed by atoms with Crippen LogP contribution in [0.3, 0.4) is 0 Å². The Labute approximate surface area is 69.8 Å². The number of carbonyl (C=O) groups is 1. The van der Waals surface area contributed by atoms with Gasteiger partial charge in [-0.2, -0.15) is 0 Å². The molecule has 0 spiro atoms. The van der Waals surface area contributed by atoms with Crippen LogP contribution in [0.25, 0.3) is 0 Å². The zero-order valence-electron chi connectivity index (χ0n) is 5.93. The van der Waals surface area contributed by atoms with Crippen LogP contribution in [0.1, 0.15) is 26.2 Å². The van der Waals surface area contributed by atoms with Gasteiger partial charge in [-0.05, 0) is 17.1 Å². The summed E-state index contributed by atoms with van der Waals surface area (Å²) in [4.78, 5) is 10.4. The molecule has 0 bridgehead atoms. The predicted octanol–water partition coefficient (Wildman–Crippen LogP) is 3.20. The van der Waals surface area contributed by atoms with E-state index in [4.69, 9.17) is 10.7 Å². The van der Waals surface area contributed by atoms with E-state index in [0.717, 1.165) is 19.3 Å². The van der Waals surface area contributed by atoms with Gasteiger partial charge in [0, 0.05) is 0 Å². The number of rotatable bonds is 4. The van der Waals surface area contributed by atoms with Crippen LogP contribution in [0.2, 0.25) is 0 Å². The zero-order valence-corrected chi connectivity index (χ0v) is 7.50. The summed E-state index contributed by atoms with van der Waals surface area (Å²) in [6.45, 7) is 2.59. The second kappa shape index (κ2) is 7.22. The van der Waals surface area contributed by atoms with E-state index in [2.05, 4.69) is 11.7 Å². The SMILES string of the molecule is CCCCCOC(=O)SCl. The number of ether oxygens (including phenoxy) is 1. The summed E-state index contributed by atoms with van der Waals surface area (Å²) in [5.41, 5.74) is 0. The third-order valence-corrected chi connectivity index (χ3v) is 1.65. The van der Waals surface area contributed by atoms with Crippen LogP contribution in [0.4, 0.5) is 4.79 Å². The van der Waals surface area contributed by atoms with Crippen molar-refractivity contribution in [3.63, 3.8) is 0 Å². The fourth-order valence-electron chi connectivity index (χ4n) is 0.530. The van der Waals surface area contributed by atoms with Gasteiger partial charge in [0.05, 0.1) is 17.6 Å². The molecule has 0 rings (SSSR count). The molecule has 0 radical (unpaired) electrons. The Morgan fingerprint density at radius 3 is 2.80 bits per heavy atom. The molecule has 0 atom stereocenters. The average Bonchev–Trinajstić information content (AvgIpc) is 1.98. The van der Waals surface area contributed by atoms with Crippen molar-refractivity contribution in [3.05, 3.63) is 0 Å². The molecule has 0 amide bonds. The van der Waals surface area contributed by atoms with Crippen molar-refractivity contribution in [2.45, 2.75) is 26.2 Å². The summed E-state index contributed by atoms with van der Waals surface area (Å²) in [7, 11) is 5.70. The smallest absolute Gasteiger partial charge is 0.382 e. The third kappa shape index (κ3) is 6.23.